The first-order valence-corrected chi connectivity index (χ1v) is 10.2. The Bertz CT molecular complexity index is 933. The van der Waals surface area contributed by atoms with Crippen LogP contribution in [-0.2, 0) is 0 Å². The number of hydrogen-bond donors (Lipinski definition) is 2. The van der Waals surface area contributed by atoms with Crippen LogP contribution in [0.2, 0.25) is 0 Å². The summed E-state index contributed by atoms with van der Waals surface area (Å²) in [5, 5.41) is 6.59. The van der Waals surface area contributed by atoms with Crippen molar-refractivity contribution in [3.63, 3.8) is 0 Å². The summed E-state index contributed by atoms with van der Waals surface area (Å²) in [5.41, 5.74) is 3.24. The van der Waals surface area contributed by atoms with E-state index >= 15 is 0 Å². The summed E-state index contributed by atoms with van der Waals surface area (Å²) in [6.45, 7) is 4.28. The number of nitrogens with one attached hydrogen (secondary N) is 2. The van der Waals surface area contributed by atoms with Crippen LogP contribution in [0.3, 0.4) is 0 Å². The molecule has 144 valence electrons. The lowest BCUT2D eigenvalue weighted by Crippen LogP contribution is -2.17. The van der Waals surface area contributed by atoms with Crippen molar-refractivity contribution in [1.29, 1.82) is 0 Å². The number of carbonyl (C=O) groups excluding carboxylic acids is 1. The normalized spacial score (nSPS) is 10.8. The van der Waals surface area contributed by atoms with Gasteiger partial charge in [-0.3, -0.25) is 9.78 Å². The minimum Gasteiger partial charge on any atom is -0.372 e. The molecular formula is C21H23N5OS. The Morgan fingerprint density at radius 1 is 1.04 bits per heavy atom. The van der Waals surface area contributed by atoms with Gasteiger partial charge in [0.2, 0.25) is 0 Å². The smallest absolute Gasteiger partial charge is 0.262 e. The predicted molar refractivity (Wildman–Crippen MR) is 115 cm³/mol. The number of rotatable bonds is 6. The second-order valence-electron chi connectivity index (χ2n) is 6.50. The first-order chi connectivity index (χ1) is 13.5. The number of thioether (sulfide) groups is 1. The van der Waals surface area contributed by atoms with Crippen molar-refractivity contribution < 1.29 is 4.79 Å². The zero-order chi connectivity index (χ0) is 20.1. The van der Waals surface area contributed by atoms with Crippen LogP contribution in [0.5, 0.6) is 0 Å². The number of carbonyl (C=O) groups is 1. The number of aromatic nitrogens is 3. The van der Waals surface area contributed by atoms with Crippen LogP contribution in [0, 0.1) is 0 Å². The monoisotopic (exact) mass is 393 g/mol. The first kappa shape index (κ1) is 19.8. The van der Waals surface area contributed by atoms with Gasteiger partial charge in [-0.25, -0.2) is 9.97 Å². The van der Waals surface area contributed by atoms with E-state index < -0.39 is 0 Å². The summed E-state index contributed by atoms with van der Waals surface area (Å²) >= 11 is 1.41. The molecule has 2 heterocycles. The fraction of sp³-hybridized carbons (Fsp3) is 0.238. The van der Waals surface area contributed by atoms with Crippen molar-refractivity contribution in [2.75, 3.05) is 23.9 Å². The van der Waals surface area contributed by atoms with E-state index in [9.17, 15) is 4.79 Å². The van der Waals surface area contributed by atoms with Crippen molar-refractivity contribution in [3.8, 4) is 11.4 Å². The van der Waals surface area contributed by atoms with Crippen molar-refractivity contribution >= 4 is 29.2 Å². The molecule has 3 aromatic rings. The average Bonchev–Trinajstić information content (AvgIpc) is 2.73. The third kappa shape index (κ3) is 4.31. The second kappa shape index (κ2) is 8.84. The third-order valence-electron chi connectivity index (χ3n) is 4.31. The van der Waals surface area contributed by atoms with E-state index in [-0.39, 0.29) is 5.91 Å². The molecule has 0 spiro atoms. The van der Waals surface area contributed by atoms with Crippen LogP contribution in [0.15, 0.2) is 53.8 Å². The number of pyridine rings is 1. The van der Waals surface area contributed by atoms with Gasteiger partial charge in [0, 0.05) is 30.7 Å². The standard InChI is InChI=1S/C21H23N5OS/c1-13(2)14-5-7-16(8-6-14)24-20(27)17-19(22-3)25-18(26-21(17)28-4)15-9-11-23-12-10-15/h5-13H,1-4H3,(H,24,27)(H,22,25,26). The molecule has 0 aliphatic heterocycles. The molecule has 0 aliphatic rings. The highest BCUT2D eigenvalue weighted by atomic mass is 32.2. The SMILES string of the molecule is CNc1nc(-c2ccncc2)nc(SC)c1C(=O)Nc1ccc(C(C)C)cc1. The van der Waals surface area contributed by atoms with Crippen LogP contribution < -0.4 is 10.6 Å². The Morgan fingerprint density at radius 2 is 1.71 bits per heavy atom. The Kier molecular flexibility index (Phi) is 6.26. The van der Waals surface area contributed by atoms with Gasteiger partial charge in [0.15, 0.2) is 5.82 Å². The van der Waals surface area contributed by atoms with E-state index in [0.717, 1.165) is 11.3 Å². The number of benzene rings is 1. The fourth-order valence-corrected chi connectivity index (χ4v) is 3.32. The quantitative estimate of drug-likeness (QED) is 0.468. The largest absolute Gasteiger partial charge is 0.372 e. The molecule has 1 amide bonds. The molecule has 0 atom stereocenters. The highest BCUT2D eigenvalue weighted by Gasteiger charge is 2.21. The van der Waals surface area contributed by atoms with Crippen LogP contribution in [0.25, 0.3) is 11.4 Å². The third-order valence-corrected chi connectivity index (χ3v) is 4.99. The molecule has 0 saturated carbocycles. The predicted octanol–water partition coefficient (Wildman–Crippen LogP) is 4.68. The number of anilines is 2. The summed E-state index contributed by atoms with van der Waals surface area (Å²) in [7, 11) is 1.75. The maximum Gasteiger partial charge on any atom is 0.262 e. The first-order valence-electron chi connectivity index (χ1n) is 8.99. The topological polar surface area (TPSA) is 79.8 Å². The van der Waals surface area contributed by atoms with Gasteiger partial charge in [0.25, 0.3) is 5.91 Å². The van der Waals surface area contributed by atoms with Crippen molar-refractivity contribution in [2.45, 2.75) is 24.8 Å². The molecule has 0 bridgehead atoms. The molecule has 0 unspecified atom stereocenters. The lowest BCUT2D eigenvalue weighted by Gasteiger charge is -2.14. The van der Waals surface area contributed by atoms with Gasteiger partial charge < -0.3 is 10.6 Å². The molecule has 2 aromatic heterocycles. The Hall–Kier alpha value is -2.93. The number of nitrogens with zero attached hydrogens (tertiary/aromatic N) is 3. The lowest BCUT2D eigenvalue weighted by molar-refractivity contribution is 0.102. The number of hydrogen-bond acceptors (Lipinski definition) is 6. The van der Waals surface area contributed by atoms with Gasteiger partial charge >= 0.3 is 0 Å². The van der Waals surface area contributed by atoms with Gasteiger partial charge in [-0.05, 0) is 42.0 Å². The van der Waals surface area contributed by atoms with E-state index in [1.54, 1.807) is 19.4 Å². The zero-order valence-electron chi connectivity index (χ0n) is 16.4. The Labute approximate surface area is 169 Å². The van der Waals surface area contributed by atoms with Gasteiger partial charge in [-0.15, -0.1) is 11.8 Å². The summed E-state index contributed by atoms with van der Waals surface area (Å²) in [5.74, 6) is 1.24. The van der Waals surface area contributed by atoms with Crippen LogP contribution in [0.1, 0.15) is 35.7 Å². The van der Waals surface area contributed by atoms with Crippen LogP contribution >= 0.6 is 11.8 Å². The van der Waals surface area contributed by atoms with Crippen molar-refractivity contribution in [3.05, 3.63) is 59.9 Å². The molecule has 7 heteroatoms. The van der Waals surface area contributed by atoms with Gasteiger partial charge in [-0.1, -0.05) is 26.0 Å². The molecule has 2 N–H and O–H groups in total. The van der Waals surface area contributed by atoms with E-state index in [4.69, 9.17) is 0 Å². The van der Waals surface area contributed by atoms with Gasteiger partial charge in [-0.2, -0.15) is 0 Å². The van der Waals surface area contributed by atoms with Crippen LogP contribution in [-0.4, -0.2) is 34.2 Å². The fourth-order valence-electron chi connectivity index (χ4n) is 2.75. The molecule has 0 fully saturated rings. The van der Waals surface area contributed by atoms with E-state index in [2.05, 4.69) is 39.4 Å². The van der Waals surface area contributed by atoms with E-state index in [0.29, 0.717) is 28.1 Å². The zero-order valence-corrected chi connectivity index (χ0v) is 17.2. The highest BCUT2D eigenvalue weighted by molar-refractivity contribution is 7.98. The molecule has 6 nitrogen and oxygen atoms in total. The summed E-state index contributed by atoms with van der Waals surface area (Å²) < 4.78 is 0. The summed E-state index contributed by atoms with van der Waals surface area (Å²) in [4.78, 5) is 26.1. The average molecular weight is 394 g/mol. The van der Waals surface area contributed by atoms with E-state index in [1.807, 2.05) is 42.7 Å². The van der Waals surface area contributed by atoms with Gasteiger partial charge in [0.1, 0.15) is 16.4 Å². The summed E-state index contributed by atoms with van der Waals surface area (Å²) in [6.07, 6.45) is 5.28. The molecule has 0 saturated heterocycles. The maximum atomic E-state index is 13.0. The van der Waals surface area contributed by atoms with Crippen molar-refractivity contribution in [1.82, 2.24) is 15.0 Å². The van der Waals surface area contributed by atoms with Crippen molar-refractivity contribution in [2.24, 2.45) is 0 Å². The molecule has 28 heavy (non-hydrogen) atoms. The molecule has 1 aromatic carbocycles. The Balaban J connectivity index is 1.94. The minimum atomic E-state index is -0.243. The van der Waals surface area contributed by atoms with E-state index in [1.165, 1.54) is 17.3 Å². The minimum absolute atomic E-state index is 0.243. The summed E-state index contributed by atoms with van der Waals surface area (Å²) in [6, 6.07) is 11.6. The second-order valence-corrected chi connectivity index (χ2v) is 7.29. The maximum absolute atomic E-state index is 13.0. The van der Waals surface area contributed by atoms with Crippen LogP contribution in [0.4, 0.5) is 11.5 Å². The Morgan fingerprint density at radius 3 is 2.29 bits per heavy atom. The molecular weight excluding hydrogens is 370 g/mol. The molecule has 0 radical (unpaired) electrons. The van der Waals surface area contributed by atoms with Gasteiger partial charge in [0.05, 0.1) is 0 Å². The highest BCUT2D eigenvalue weighted by Crippen LogP contribution is 2.28. The molecule has 3 rings (SSSR count). The lowest BCUT2D eigenvalue weighted by atomic mass is 10.0. The number of amides is 1. The molecule has 0 aliphatic carbocycles.